The number of aromatic nitrogens is 1. The summed E-state index contributed by atoms with van der Waals surface area (Å²) in [5.41, 5.74) is -0.274. The van der Waals surface area contributed by atoms with E-state index in [0.29, 0.717) is 0 Å². The number of aliphatic hydroxyl groups excluding tert-OH is 1. The van der Waals surface area contributed by atoms with Crippen molar-refractivity contribution in [2.75, 3.05) is 0 Å². The standard InChI is InChI=1S/C16H20BrNO2/c1-16(2,3)14(19)15(18-10-4-5-11-18)20-13-8-6-12(17)7-9-13/h4-11,14-15,19H,1-3H3. The van der Waals surface area contributed by atoms with Crippen molar-refractivity contribution in [3.05, 3.63) is 53.3 Å². The Labute approximate surface area is 128 Å². The molecule has 3 nitrogen and oxygen atoms in total. The lowest BCUT2D eigenvalue weighted by atomic mass is 9.88. The lowest BCUT2D eigenvalue weighted by Crippen LogP contribution is -2.38. The zero-order valence-corrected chi connectivity index (χ0v) is 13.5. The third-order valence-corrected chi connectivity index (χ3v) is 3.68. The van der Waals surface area contributed by atoms with Crippen molar-refractivity contribution in [2.45, 2.75) is 33.1 Å². The minimum absolute atomic E-state index is 0.274. The maximum atomic E-state index is 10.6. The van der Waals surface area contributed by atoms with E-state index in [9.17, 15) is 5.11 Å². The number of hydrogen-bond acceptors (Lipinski definition) is 2. The van der Waals surface area contributed by atoms with E-state index in [4.69, 9.17) is 4.74 Å². The molecule has 0 radical (unpaired) electrons. The van der Waals surface area contributed by atoms with Crippen LogP contribution in [0.1, 0.15) is 27.0 Å². The van der Waals surface area contributed by atoms with Gasteiger partial charge in [0.1, 0.15) is 11.9 Å². The predicted octanol–water partition coefficient (Wildman–Crippen LogP) is 4.24. The molecule has 1 aromatic carbocycles. The first-order chi connectivity index (χ1) is 9.38. The monoisotopic (exact) mass is 337 g/mol. The third-order valence-electron chi connectivity index (χ3n) is 3.15. The molecule has 0 aliphatic heterocycles. The van der Waals surface area contributed by atoms with Crippen LogP contribution in [0.15, 0.2) is 53.3 Å². The Balaban J connectivity index is 2.26. The molecule has 1 aromatic heterocycles. The Kier molecular flexibility index (Phi) is 4.55. The molecule has 0 amide bonds. The molecule has 108 valence electrons. The van der Waals surface area contributed by atoms with Gasteiger partial charge in [0.2, 0.25) is 6.23 Å². The summed E-state index contributed by atoms with van der Waals surface area (Å²) in [6, 6.07) is 11.5. The van der Waals surface area contributed by atoms with Gasteiger partial charge in [0, 0.05) is 16.9 Å². The van der Waals surface area contributed by atoms with E-state index in [0.717, 1.165) is 10.2 Å². The number of aliphatic hydroxyl groups is 1. The van der Waals surface area contributed by atoms with Gasteiger partial charge in [-0.25, -0.2) is 0 Å². The van der Waals surface area contributed by atoms with Crippen LogP contribution >= 0.6 is 15.9 Å². The number of nitrogens with zero attached hydrogens (tertiary/aromatic N) is 1. The largest absolute Gasteiger partial charge is 0.467 e. The molecule has 1 N–H and O–H groups in total. The van der Waals surface area contributed by atoms with Crippen molar-refractivity contribution >= 4 is 15.9 Å². The van der Waals surface area contributed by atoms with Crippen LogP contribution in [0.5, 0.6) is 5.75 Å². The Morgan fingerprint density at radius 2 is 1.65 bits per heavy atom. The van der Waals surface area contributed by atoms with E-state index in [1.807, 2.05) is 74.1 Å². The first-order valence-corrected chi connectivity index (χ1v) is 7.40. The SMILES string of the molecule is CC(C)(C)C(O)C(Oc1ccc(Br)cc1)n1cccc1. The second kappa shape index (κ2) is 6.02. The molecule has 2 aromatic rings. The normalized spacial score (nSPS) is 14.8. The van der Waals surface area contributed by atoms with Crippen LogP contribution in [0.2, 0.25) is 0 Å². The summed E-state index contributed by atoms with van der Waals surface area (Å²) in [6.07, 6.45) is 2.72. The molecule has 2 unspecified atom stereocenters. The molecule has 0 saturated carbocycles. The molecule has 0 bridgehead atoms. The maximum absolute atomic E-state index is 10.6. The summed E-state index contributed by atoms with van der Waals surface area (Å²) >= 11 is 3.40. The van der Waals surface area contributed by atoms with E-state index < -0.39 is 12.3 Å². The molecule has 20 heavy (non-hydrogen) atoms. The Hall–Kier alpha value is -1.26. The van der Waals surface area contributed by atoms with Gasteiger partial charge in [-0.15, -0.1) is 0 Å². The zero-order chi connectivity index (χ0) is 14.8. The molecule has 0 spiro atoms. The van der Waals surface area contributed by atoms with Crippen LogP contribution in [0.25, 0.3) is 0 Å². The zero-order valence-electron chi connectivity index (χ0n) is 12.0. The van der Waals surface area contributed by atoms with Crippen LogP contribution < -0.4 is 4.74 Å². The molecular weight excluding hydrogens is 318 g/mol. The first kappa shape index (κ1) is 15.1. The smallest absolute Gasteiger partial charge is 0.202 e. The molecule has 0 saturated heterocycles. The van der Waals surface area contributed by atoms with Gasteiger partial charge in [0.25, 0.3) is 0 Å². The highest BCUT2D eigenvalue weighted by Gasteiger charge is 2.33. The van der Waals surface area contributed by atoms with Crippen LogP contribution in [-0.2, 0) is 0 Å². The van der Waals surface area contributed by atoms with Gasteiger partial charge in [-0.1, -0.05) is 36.7 Å². The first-order valence-electron chi connectivity index (χ1n) is 6.60. The van der Waals surface area contributed by atoms with Crippen molar-refractivity contribution in [3.63, 3.8) is 0 Å². The molecular formula is C16H20BrNO2. The summed E-state index contributed by atoms with van der Waals surface area (Å²) < 4.78 is 8.88. The Morgan fingerprint density at radius 1 is 1.10 bits per heavy atom. The predicted molar refractivity (Wildman–Crippen MR) is 83.7 cm³/mol. The van der Waals surface area contributed by atoms with Crippen LogP contribution in [0.4, 0.5) is 0 Å². The van der Waals surface area contributed by atoms with Gasteiger partial charge in [-0.05, 0) is 41.8 Å². The highest BCUT2D eigenvalue weighted by atomic mass is 79.9. The number of ether oxygens (including phenoxy) is 1. The van der Waals surface area contributed by atoms with E-state index >= 15 is 0 Å². The fraction of sp³-hybridized carbons (Fsp3) is 0.375. The average molecular weight is 338 g/mol. The minimum Gasteiger partial charge on any atom is -0.467 e. The van der Waals surface area contributed by atoms with Gasteiger partial charge in [0.15, 0.2) is 0 Å². The van der Waals surface area contributed by atoms with E-state index in [2.05, 4.69) is 15.9 Å². The van der Waals surface area contributed by atoms with Gasteiger partial charge >= 0.3 is 0 Å². The van der Waals surface area contributed by atoms with Crippen LogP contribution in [0.3, 0.4) is 0 Å². The Bertz CT molecular complexity index is 529. The third kappa shape index (κ3) is 3.64. The van der Waals surface area contributed by atoms with Crippen LogP contribution in [-0.4, -0.2) is 15.8 Å². The van der Waals surface area contributed by atoms with Crippen molar-refractivity contribution in [2.24, 2.45) is 5.41 Å². The van der Waals surface area contributed by atoms with Gasteiger partial charge < -0.3 is 14.4 Å². The summed E-state index contributed by atoms with van der Waals surface area (Å²) in [5.74, 6) is 0.732. The summed E-state index contributed by atoms with van der Waals surface area (Å²) in [7, 11) is 0. The topological polar surface area (TPSA) is 34.4 Å². The molecule has 0 aliphatic rings. The van der Waals surface area contributed by atoms with E-state index in [1.165, 1.54) is 0 Å². The fourth-order valence-corrected chi connectivity index (χ4v) is 2.15. The van der Waals surface area contributed by atoms with E-state index in [1.54, 1.807) is 0 Å². The van der Waals surface area contributed by atoms with Crippen molar-refractivity contribution in [1.29, 1.82) is 0 Å². The van der Waals surface area contributed by atoms with Crippen molar-refractivity contribution in [3.8, 4) is 5.75 Å². The number of halogens is 1. The number of benzene rings is 1. The lowest BCUT2D eigenvalue weighted by Gasteiger charge is -2.33. The molecule has 2 atom stereocenters. The second-order valence-corrected chi connectivity index (χ2v) is 6.82. The molecule has 2 rings (SSSR count). The fourth-order valence-electron chi connectivity index (χ4n) is 1.89. The van der Waals surface area contributed by atoms with Gasteiger partial charge in [0.05, 0.1) is 0 Å². The molecule has 1 heterocycles. The Morgan fingerprint density at radius 3 is 2.15 bits per heavy atom. The highest BCUT2D eigenvalue weighted by molar-refractivity contribution is 9.10. The highest BCUT2D eigenvalue weighted by Crippen LogP contribution is 2.31. The number of hydrogen-bond donors (Lipinski definition) is 1. The molecule has 4 heteroatoms. The average Bonchev–Trinajstić information content (AvgIpc) is 2.90. The molecule has 0 fully saturated rings. The van der Waals surface area contributed by atoms with Gasteiger partial charge in [-0.3, -0.25) is 0 Å². The summed E-state index contributed by atoms with van der Waals surface area (Å²) in [4.78, 5) is 0. The van der Waals surface area contributed by atoms with Gasteiger partial charge in [-0.2, -0.15) is 0 Å². The molecule has 0 aliphatic carbocycles. The summed E-state index contributed by atoms with van der Waals surface area (Å²) in [6.45, 7) is 6.00. The summed E-state index contributed by atoms with van der Waals surface area (Å²) in [5, 5.41) is 10.6. The quantitative estimate of drug-likeness (QED) is 0.905. The minimum atomic E-state index is -0.626. The van der Waals surface area contributed by atoms with Crippen molar-refractivity contribution in [1.82, 2.24) is 4.57 Å². The lowest BCUT2D eigenvalue weighted by molar-refractivity contribution is -0.0672. The van der Waals surface area contributed by atoms with Crippen molar-refractivity contribution < 1.29 is 9.84 Å². The van der Waals surface area contributed by atoms with E-state index in [-0.39, 0.29) is 5.41 Å². The second-order valence-electron chi connectivity index (χ2n) is 5.90. The van der Waals surface area contributed by atoms with Crippen LogP contribution in [0, 0.1) is 5.41 Å². The number of rotatable bonds is 4. The maximum Gasteiger partial charge on any atom is 0.202 e.